The molecule has 1 unspecified atom stereocenters. The maximum Gasteiger partial charge on any atom is 0.137 e. The van der Waals surface area contributed by atoms with Crippen molar-refractivity contribution < 1.29 is 14.2 Å². The molecule has 90 valence electrons. The number of ether oxygens (including phenoxy) is 1. The largest absolute Gasteiger partial charge is 0.387 e. The summed E-state index contributed by atoms with van der Waals surface area (Å²) in [6.07, 6.45) is 0.436. The number of aliphatic hydroxyl groups is 1. The van der Waals surface area contributed by atoms with E-state index in [-0.39, 0.29) is 12.4 Å². The first-order valence-corrected chi connectivity index (χ1v) is 5.98. The van der Waals surface area contributed by atoms with Crippen LogP contribution in [0.25, 0.3) is 0 Å². The monoisotopic (exact) mass is 290 g/mol. The molecule has 1 N–H and O–H groups in total. The van der Waals surface area contributed by atoms with Crippen LogP contribution in [0.4, 0.5) is 4.39 Å². The first-order valence-electron chi connectivity index (χ1n) is 5.18. The number of benzene rings is 1. The molecule has 1 aromatic rings. The van der Waals surface area contributed by atoms with Gasteiger partial charge >= 0.3 is 0 Å². The summed E-state index contributed by atoms with van der Waals surface area (Å²) in [7, 11) is 0. The van der Waals surface area contributed by atoms with Gasteiger partial charge in [0.05, 0.1) is 16.7 Å². The Bertz CT molecular complexity index is 353. The van der Waals surface area contributed by atoms with Crippen molar-refractivity contribution >= 4 is 15.9 Å². The van der Waals surface area contributed by atoms with Gasteiger partial charge in [-0.1, -0.05) is 6.07 Å². The molecule has 0 spiro atoms. The molecule has 1 rings (SSSR count). The van der Waals surface area contributed by atoms with E-state index in [9.17, 15) is 9.50 Å². The number of hydrogen-bond donors (Lipinski definition) is 1. The summed E-state index contributed by atoms with van der Waals surface area (Å²) in [5.74, 6) is -0.298. The lowest BCUT2D eigenvalue weighted by atomic mass is 9.97. The van der Waals surface area contributed by atoms with E-state index in [1.165, 1.54) is 6.07 Å². The normalized spacial score (nSPS) is 14.8. The predicted molar refractivity (Wildman–Crippen MR) is 64.9 cm³/mol. The first-order chi connectivity index (χ1) is 7.44. The third-order valence-corrected chi connectivity index (χ3v) is 2.79. The molecule has 0 fully saturated rings. The van der Waals surface area contributed by atoms with Crippen molar-refractivity contribution in [3.63, 3.8) is 0 Å². The molecule has 0 aliphatic heterocycles. The van der Waals surface area contributed by atoms with Gasteiger partial charge in [-0.25, -0.2) is 4.39 Å². The Labute approximate surface area is 104 Å². The third-order valence-electron chi connectivity index (χ3n) is 2.19. The highest BCUT2D eigenvalue weighted by atomic mass is 79.9. The van der Waals surface area contributed by atoms with Crippen molar-refractivity contribution in [1.82, 2.24) is 0 Å². The zero-order valence-corrected chi connectivity index (χ0v) is 11.1. The van der Waals surface area contributed by atoms with Crippen LogP contribution in [0.5, 0.6) is 0 Å². The lowest BCUT2D eigenvalue weighted by Crippen LogP contribution is -2.33. The Hall–Kier alpha value is -0.450. The second-order valence-corrected chi connectivity index (χ2v) is 4.91. The molecule has 4 heteroatoms. The van der Waals surface area contributed by atoms with E-state index in [0.717, 1.165) is 5.56 Å². The van der Waals surface area contributed by atoms with Gasteiger partial charge in [-0.15, -0.1) is 0 Å². The van der Waals surface area contributed by atoms with Gasteiger partial charge in [0.2, 0.25) is 0 Å². The minimum Gasteiger partial charge on any atom is -0.387 e. The van der Waals surface area contributed by atoms with Gasteiger partial charge in [0.15, 0.2) is 0 Å². The molecule has 0 aliphatic carbocycles. The summed E-state index contributed by atoms with van der Waals surface area (Å²) in [5.41, 5.74) is -0.0502. The lowest BCUT2D eigenvalue weighted by Gasteiger charge is -2.23. The van der Waals surface area contributed by atoms with E-state index >= 15 is 0 Å². The highest BCUT2D eigenvalue weighted by Gasteiger charge is 2.21. The minimum atomic E-state index is -0.923. The highest BCUT2D eigenvalue weighted by Crippen LogP contribution is 2.20. The fraction of sp³-hybridized carbons (Fsp3) is 0.500. The Balaban J connectivity index is 2.68. The molecule has 16 heavy (non-hydrogen) atoms. The zero-order valence-electron chi connectivity index (χ0n) is 9.46. The first kappa shape index (κ1) is 13.6. The molecular formula is C12H16BrFO2. The van der Waals surface area contributed by atoms with E-state index in [4.69, 9.17) is 4.74 Å². The van der Waals surface area contributed by atoms with E-state index in [0.29, 0.717) is 17.5 Å². The highest BCUT2D eigenvalue weighted by molar-refractivity contribution is 9.10. The van der Waals surface area contributed by atoms with E-state index in [1.54, 1.807) is 19.1 Å². The van der Waals surface area contributed by atoms with Crippen LogP contribution in [0.1, 0.15) is 19.4 Å². The molecule has 0 heterocycles. The van der Waals surface area contributed by atoms with Crippen molar-refractivity contribution in [3.05, 3.63) is 34.1 Å². The van der Waals surface area contributed by atoms with Crippen LogP contribution < -0.4 is 0 Å². The molecule has 0 aromatic heterocycles. The van der Waals surface area contributed by atoms with Crippen molar-refractivity contribution in [2.24, 2.45) is 0 Å². The van der Waals surface area contributed by atoms with Gasteiger partial charge in [-0.3, -0.25) is 0 Å². The molecular weight excluding hydrogens is 275 g/mol. The molecule has 0 radical (unpaired) electrons. The Morgan fingerprint density at radius 2 is 2.19 bits per heavy atom. The van der Waals surface area contributed by atoms with Gasteiger partial charge < -0.3 is 9.84 Å². The molecule has 0 saturated carbocycles. The fourth-order valence-electron chi connectivity index (χ4n) is 1.46. The van der Waals surface area contributed by atoms with Crippen LogP contribution in [0.15, 0.2) is 22.7 Å². The predicted octanol–water partition coefficient (Wildman–Crippen LogP) is 2.92. The smallest absolute Gasteiger partial charge is 0.137 e. The quantitative estimate of drug-likeness (QED) is 0.904. The average molecular weight is 291 g/mol. The Morgan fingerprint density at radius 3 is 2.75 bits per heavy atom. The topological polar surface area (TPSA) is 29.5 Å². The summed E-state index contributed by atoms with van der Waals surface area (Å²) in [6.45, 7) is 4.44. The van der Waals surface area contributed by atoms with E-state index in [2.05, 4.69) is 15.9 Å². The summed E-state index contributed by atoms with van der Waals surface area (Å²) >= 11 is 3.12. The summed E-state index contributed by atoms with van der Waals surface area (Å²) in [6, 6.07) is 4.73. The molecule has 0 bridgehead atoms. The van der Waals surface area contributed by atoms with Crippen LogP contribution >= 0.6 is 15.9 Å². The van der Waals surface area contributed by atoms with E-state index < -0.39 is 5.60 Å². The van der Waals surface area contributed by atoms with Gasteiger partial charge in [0.25, 0.3) is 0 Å². The number of rotatable bonds is 5. The second-order valence-electron chi connectivity index (χ2n) is 4.06. The standard InChI is InChI=1S/C12H16BrFO2/c1-3-16-8-12(2,15)7-9-4-5-11(14)10(13)6-9/h4-6,15H,3,7-8H2,1-2H3. The number of hydrogen-bond acceptors (Lipinski definition) is 2. The molecule has 0 amide bonds. The number of halogens is 2. The molecule has 1 atom stereocenters. The van der Waals surface area contributed by atoms with Gasteiger partial charge in [-0.05, 0) is 47.5 Å². The Kier molecular flexibility index (Phi) is 4.89. The third kappa shape index (κ3) is 4.20. The van der Waals surface area contributed by atoms with E-state index in [1.807, 2.05) is 6.92 Å². The molecule has 1 aromatic carbocycles. The Morgan fingerprint density at radius 1 is 1.50 bits per heavy atom. The summed E-state index contributed by atoms with van der Waals surface area (Å²) < 4.78 is 18.6. The molecule has 0 saturated heterocycles. The fourth-order valence-corrected chi connectivity index (χ4v) is 1.89. The van der Waals surface area contributed by atoms with Crippen LogP contribution in [0.2, 0.25) is 0 Å². The van der Waals surface area contributed by atoms with Crippen LogP contribution in [-0.2, 0) is 11.2 Å². The van der Waals surface area contributed by atoms with Crippen LogP contribution in [0.3, 0.4) is 0 Å². The van der Waals surface area contributed by atoms with Crippen LogP contribution in [-0.4, -0.2) is 23.9 Å². The van der Waals surface area contributed by atoms with Crippen molar-refractivity contribution in [2.45, 2.75) is 25.9 Å². The second kappa shape index (κ2) is 5.75. The van der Waals surface area contributed by atoms with Crippen LogP contribution in [0, 0.1) is 5.82 Å². The SMILES string of the molecule is CCOCC(C)(O)Cc1ccc(F)c(Br)c1. The maximum atomic E-state index is 13.0. The lowest BCUT2D eigenvalue weighted by molar-refractivity contribution is -0.0296. The average Bonchev–Trinajstić information content (AvgIpc) is 2.20. The van der Waals surface area contributed by atoms with Gasteiger partial charge in [0.1, 0.15) is 5.82 Å². The molecule has 2 nitrogen and oxygen atoms in total. The van der Waals surface area contributed by atoms with Gasteiger partial charge in [-0.2, -0.15) is 0 Å². The molecule has 0 aliphatic rings. The van der Waals surface area contributed by atoms with Gasteiger partial charge in [0, 0.05) is 13.0 Å². The summed E-state index contributed by atoms with van der Waals surface area (Å²) in [5, 5.41) is 10.0. The maximum absolute atomic E-state index is 13.0. The van der Waals surface area contributed by atoms with Crippen molar-refractivity contribution in [3.8, 4) is 0 Å². The van der Waals surface area contributed by atoms with Crippen molar-refractivity contribution in [1.29, 1.82) is 0 Å². The van der Waals surface area contributed by atoms with Crippen molar-refractivity contribution in [2.75, 3.05) is 13.2 Å². The summed E-state index contributed by atoms with van der Waals surface area (Å²) in [4.78, 5) is 0. The minimum absolute atomic E-state index is 0.276. The zero-order chi connectivity index (χ0) is 12.2.